The van der Waals surface area contributed by atoms with Gasteiger partial charge in [0.1, 0.15) is 0 Å². The number of pyridine rings is 1. The zero-order valence-corrected chi connectivity index (χ0v) is 12.3. The van der Waals surface area contributed by atoms with E-state index in [1.807, 2.05) is 26.4 Å². The molecule has 2 heteroatoms. The average molecular weight is 274 g/mol. The predicted molar refractivity (Wildman–Crippen MR) is 91.4 cm³/mol. The first kappa shape index (κ1) is 13.4. The van der Waals surface area contributed by atoms with Crippen LogP contribution in [-0.2, 0) is 0 Å². The molecule has 3 rings (SSSR count). The maximum atomic E-state index is 4.34. The van der Waals surface area contributed by atoms with E-state index in [4.69, 9.17) is 0 Å². The Morgan fingerprint density at radius 3 is 2.33 bits per heavy atom. The van der Waals surface area contributed by atoms with Crippen molar-refractivity contribution >= 4 is 28.7 Å². The van der Waals surface area contributed by atoms with Crippen molar-refractivity contribution in [2.45, 2.75) is 0 Å². The van der Waals surface area contributed by atoms with Gasteiger partial charge in [-0.1, -0.05) is 36.4 Å². The highest BCUT2D eigenvalue weighted by molar-refractivity contribution is 5.83. The normalized spacial score (nSPS) is 11.1. The second kappa shape index (κ2) is 5.80. The topological polar surface area (TPSA) is 16.1 Å². The van der Waals surface area contributed by atoms with Gasteiger partial charge in [0.15, 0.2) is 0 Å². The van der Waals surface area contributed by atoms with Crippen molar-refractivity contribution in [3.63, 3.8) is 0 Å². The van der Waals surface area contributed by atoms with Gasteiger partial charge in [0.05, 0.1) is 5.52 Å². The number of hydrogen-bond donors (Lipinski definition) is 0. The van der Waals surface area contributed by atoms with Crippen LogP contribution in [0.5, 0.6) is 0 Å². The molecule has 104 valence electrons. The van der Waals surface area contributed by atoms with Crippen LogP contribution in [0.4, 0.5) is 5.69 Å². The van der Waals surface area contributed by atoms with Gasteiger partial charge in [0.25, 0.3) is 0 Å². The van der Waals surface area contributed by atoms with Crippen molar-refractivity contribution in [1.82, 2.24) is 4.98 Å². The minimum atomic E-state index is 1.03. The lowest BCUT2D eigenvalue weighted by Gasteiger charge is -2.11. The summed E-state index contributed by atoms with van der Waals surface area (Å²) < 4.78 is 0. The third-order valence-corrected chi connectivity index (χ3v) is 3.50. The molecular weight excluding hydrogens is 256 g/mol. The Kier molecular flexibility index (Phi) is 3.69. The third kappa shape index (κ3) is 3.11. The highest BCUT2D eigenvalue weighted by Gasteiger charge is 1.95. The molecule has 0 bridgehead atoms. The summed E-state index contributed by atoms with van der Waals surface area (Å²) in [4.78, 5) is 6.44. The molecule has 0 unspecified atom stereocenters. The zero-order chi connectivity index (χ0) is 14.7. The summed E-state index contributed by atoms with van der Waals surface area (Å²) in [5.74, 6) is 0. The minimum Gasteiger partial charge on any atom is -0.378 e. The predicted octanol–water partition coefficient (Wildman–Crippen LogP) is 4.47. The number of fused-ring (bicyclic) bond motifs is 1. The molecule has 0 atom stereocenters. The molecule has 1 heterocycles. The molecule has 3 aromatic rings. The number of rotatable bonds is 3. The smallest absolute Gasteiger partial charge is 0.0702 e. The molecule has 0 saturated carbocycles. The molecule has 0 fully saturated rings. The summed E-state index contributed by atoms with van der Waals surface area (Å²) in [6.07, 6.45) is 6.10. The van der Waals surface area contributed by atoms with Crippen LogP contribution in [0.25, 0.3) is 23.1 Å². The third-order valence-electron chi connectivity index (χ3n) is 3.50. The van der Waals surface area contributed by atoms with Crippen molar-refractivity contribution in [3.05, 3.63) is 71.9 Å². The fraction of sp³-hybridized carbons (Fsp3) is 0.105. The van der Waals surface area contributed by atoms with Gasteiger partial charge in [-0.05, 0) is 41.5 Å². The molecule has 0 aliphatic heterocycles. The SMILES string of the molecule is CN(C)c1ccc(/C=C/c2ccc3ncccc3c2)cc1. The van der Waals surface area contributed by atoms with E-state index in [0.717, 1.165) is 5.52 Å². The van der Waals surface area contributed by atoms with Gasteiger partial charge in [-0.25, -0.2) is 0 Å². The van der Waals surface area contributed by atoms with E-state index in [0.29, 0.717) is 0 Å². The van der Waals surface area contributed by atoms with E-state index in [1.54, 1.807) is 0 Å². The minimum absolute atomic E-state index is 1.03. The van der Waals surface area contributed by atoms with Crippen LogP contribution in [0.15, 0.2) is 60.8 Å². The Morgan fingerprint density at radius 1 is 0.857 bits per heavy atom. The molecule has 0 amide bonds. The lowest BCUT2D eigenvalue weighted by Crippen LogP contribution is -2.07. The van der Waals surface area contributed by atoms with Gasteiger partial charge >= 0.3 is 0 Å². The molecule has 0 spiro atoms. The summed E-state index contributed by atoms with van der Waals surface area (Å²) in [7, 11) is 4.10. The molecule has 0 aliphatic rings. The Labute approximate surface area is 125 Å². The average Bonchev–Trinajstić information content (AvgIpc) is 2.53. The van der Waals surface area contributed by atoms with Gasteiger partial charge in [0, 0.05) is 31.4 Å². The largest absolute Gasteiger partial charge is 0.378 e. The van der Waals surface area contributed by atoms with E-state index < -0.39 is 0 Å². The first-order valence-electron chi connectivity index (χ1n) is 7.03. The van der Waals surface area contributed by atoms with Crippen LogP contribution in [0.2, 0.25) is 0 Å². The summed E-state index contributed by atoms with van der Waals surface area (Å²) in [5, 5.41) is 1.17. The van der Waals surface area contributed by atoms with Crippen molar-refractivity contribution in [1.29, 1.82) is 0 Å². The lowest BCUT2D eigenvalue weighted by atomic mass is 10.1. The summed E-state index contributed by atoms with van der Waals surface area (Å²) >= 11 is 0. The van der Waals surface area contributed by atoms with Crippen LogP contribution in [-0.4, -0.2) is 19.1 Å². The van der Waals surface area contributed by atoms with Gasteiger partial charge in [-0.15, -0.1) is 0 Å². The van der Waals surface area contributed by atoms with Crippen LogP contribution in [0.3, 0.4) is 0 Å². The fourth-order valence-corrected chi connectivity index (χ4v) is 2.27. The van der Waals surface area contributed by atoms with Gasteiger partial charge < -0.3 is 4.90 Å². The van der Waals surface area contributed by atoms with Crippen LogP contribution >= 0.6 is 0 Å². The van der Waals surface area contributed by atoms with E-state index in [2.05, 4.69) is 70.6 Å². The van der Waals surface area contributed by atoms with Crippen molar-refractivity contribution in [2.75, 3.05) is 19.0 Å². The maximum absolute atomic E-state index is 4.34. The number of aromatic nitrogens is 1. The Balaban J connectivity index is 1.83. The number of hydrogen-bond acceptors (Lipinski definition) is 2. The fourth-order valence-electron chi connectivity index (χ4n) is 2.27. The van der Waals surface area contributed by atoms with Crippen molar-refractivity contribution in [3.8, 4) is 0 Å². The van der Waals surface area contributed by atoms with Crippen molar-refractivity contribution in [2.24, 2.45) is 0 Å². The lowest BCUT2D eigenvalue weighted by molar-refractivity contribution is 1.13. The van der Waals surface area contributed by atoms with Gasteiger partial charge in [-0.3, -0.25) is 4.98 Å². The molecule has 1 aromatic heterocycles. The van der Waals surface area contributed by atoms with E-state index in [1.165, 1.54) is 22.2 Å². The molecular formula is C19H18N2. The number of anilines is 1. The Morgan fingerprint density at radius 2 is 1.57 bits per heavy atom. The number of benzene rings is 2. The van der Waals surface area contributed by atoms with E-state index in [9.17, 15) is 0 Å². The summed E-state index contributed by atoms with van der Waals surface area (Å²) in [6.45, 7) is 0. The molecule has 0 saturated heterocycles. The monoisotopic (exact) mass is 274 g/mol. The molecule has 0 N–H and O–H groups in total. The highest BCUT2D eigenvalue weighted by atomic mass is 15.1. The first-order valence-corrected chi connectivity index (χ1v) is 7.03. The van der Waals surface area contributed by atoms with E-state index >= 15 is 0 Å². The van der Waals surface area contributed by atoms with Crippen molar-refractivity contribution < 1.29 is 0 Å². The maximum Gasteiger partial charge on any atom is 0.0702 e. The highest BCUT2D eigenvalue weighted by Crippen LogP contribution is 2.17. The van der Waals surface area contributed by atoms with Gasteiger partial charge in [-0.2, -0.15) is 0 Å². The second-order valence-corrected chi connectivity index (χ2v) is 5.27. The molecule has 0 aliphatic carbocycles. The van der Waals surface area contributed by atoms with Crippen LogP contribution < -0.4 is 4.90 Å². The Bertz CT molecular complexity index is 771. The second-order valence-electron chi connectivity index (χ2n) is 5.27. The molecule has 2 nitrogen and oxygen atoms in total. The van der Waals surface area contributed by atoms with Crippen LogP contribution in [0, 0.1) is 0 Å². The summed E-state index contributed by atoms with van der Waals surface area (Å²) in [5.41, 5.74) is 4.63. The number of nitrogens with zero attached hydrogens (tertiary/aromatic N) is 2. The van der Waals surface area contributed by atoms with E-state index in [-0.39, 0.29) is 0 Å². The molecule has 0 radical (unpaired) electrons. The standard InChI is InChI=1S/C19H18N2/c1-21(2)18-10-7-15(8-11-18)5-6-16-9-12-19-17(14-16)4-3-13-20-19/h3-14H,1-2H3/b6-5+. The molecule has 2 aromatic carbocycles. The summed E-state index contributed by atoms with van der Waals surface area (Å²) in [6, 6.07) is 18.9. The quantitative estimate of drug-likeness (QED) is 0.655. The van der Waals surface area contributed by atoms with Gasteiger partial charge in [0.2, 0.25) is 0 Å². The van der Waals surface area contributed by atoms with Crippen LogP contribution in [0.1, 0.15) is 11.1 Å². The first-order chi connectivity index (χ1) is 10.2. The molecule has 21 heavy (non-hydrogen) atoms. The zero-order valence-electron chi connectivity index (χ0n) is 12.3. The Hall–Kier alpha value is -2.61.